The number of halogens is 2. The molecule has 0 bridgehead atoms. The lowest BCUT2D eigenvalue weighted by molar-refractivity contribution is 0.444. The molecule has 6 heteroatoms. The maximum atomic E-state index is 13.2. The first-order valence-corrected chi connectivity index (χ1v) is 7.87. The van der Waals surface area contributed by atoms with Gasteiger partial charge >= 0.3 is 0 Å². The molecule has 0 unspecified atom stereocenters. The van der Waals surface area contributed by atoms with Crippen molar-refractivity contribution in [2.24, 2.45) is 11.8 Å². The van der Waals surface area contributed by atoms with Crippen LogP contribution in [0.5, 0.6) is 0 Å². The maximum Gasteiger partial charge on any atom is 0.243 e. The molecule has 0 amide bonds. The van der Waals surface area contributed by atoms with Gasteiger partial charge in [-0.3, -0.25) is 0 Å². The zero-order chi connectivity index (χ0) is 13.6. The van der Waals surface area contributed by atoms with Crippen molar-refractivity contribution in [3.8, 4) is 0 Å². The van der Waals surface area contributed by atoms with E-state index in [0.29, 0.717) is 31.0 Å². The fourth-order valence-electron chi connectivity index (χ4n) is 3.21. The van der Waals surface area contributed by atoms with Crippen molar-refractivity contribution in [1.29, 1.82) is 0 Å². The van der Waals surface area contributed by atoms with E-state index in [1.54, 1.807) is 0 Å². The minimum absolute atomic E-state index is 0.287. The summed E-state index contributed by atoms with van der Waals surface area (Å²) in [5, 5.41) is 0. The molecule has 0 N–H and O–H groups in total. The number of hydrogen-bond acceptors (Lipinski definition) is 2. The minimum atomic E-state index is -3.77. The second kappa shape index (κ2) is 4.52. The Kier molecular flexibility index (Phi) is 3.09. The molecule has 3 rings (SSSR count). The van der Waals surface area contributed by atoms with Gasteiger partial charge in [0.1, 0.15) is 11.6 Å². The number of fused-ring (bicyclic) bond motifs is 1. The van der Waals surface area contributed by atoms with E-state index in [4.69, 9.17) is 0 Å². The third kappa shape index (κ3) is 2.27. The summed E-state index contributed by atoms with van der Waals surface area (Å²) in [6.45, 7) is 0.955. The Hall–Kier alpha value is -1.01. The van der Waals surface area contributed by atoms with Crippen LogP contribution < -0.4 is 0 Å². The predicted molar refractivity (Wildman–Crippen MR) is 65.9 cm³/mol. The zero-order valence-electron chi connectivity index (χ0n) is 10.4. The zero-order valence-corrected chi connectivity index (χ0v) is 11.2. The van der Waals surface area contributed by atoms with Gasteiger partial charge < -0.3 is 0 Å². The summed E-state index contributed by atoms with van der Waals surface area (Å²) in [5.41, 5.74) is 0. The van der Waals surface area contributed by atoms with Gasteiger partial charge in [-0.15, -0.1) is 0 Å². The van der Waals surface area contributed by atoms with Gasteiger partial charge in [-0.25, -0.2) is 17.2 Å². The standard InChI is InChI=1S/C13H15F2NO2S/c14-11-4-12(15)6-13(5-11)19(17,18)16-7-9-2-1-3-10(9)8-16/h4-6,9-10H,1-3,7-8H2/t9-,10+. The summed E-state index contributed by atoms with van der Waals surface area (Å²) in [6.07, 6.45) is 3.25. The van der Waals surface area contributed by atoms with Gasteiger partial charge in [0.15, 0.2) is 0 Å². The number of sulfonamides is 1. The highest BCUT2D eigenvalue weighted by Crippen LogP contribution is 2.39. The second-order valence-corrected chi connectivity index (χ2v) is 7.32. The first-order chi connectivity index (χ1) is 8.96. The molecule has 3 nitrogen and oxygen atoms in total. The number of rotatable bonds is 2. The SMILES string of the molecule is O=S(=O)(c1cc(F)cc(F)c1)N1C[C@H]2CCC[C@H]2C1. The van der Waals surface area contributed by atoms with Gasteiger partial charge in [0.25, 0.3) is 0 Å². The normalized spacial score (nSPS) is 27.7. The van der Waals surface area contributed by atoms with Crippen molar-refractivity contribution in [3.63, 3.8) is 0 Å². The largest absolute Gasteiger partial charge is 0.243 e. The molecule has 1 aromatic carbocycles. The Morgan fingerprint density at radius 1 is 1.00 bits per heavy atom. The average Bonchev–Trinajstić information content (AvgIpc) is 2.87. The highest BCUT2D eigenvalue weighted by molar-refractivity contribution is 7.89. The van der Waals surface area contributed by atoms with Gasteiger partial charge in [-0.05, 0) is 36.8 Å². The fourth-order valence-corrected chi connectivity index (χ4v) is 4.81. The fraction of sp³-hybridized carbons (Fsp3) is 0.538. The number of benzene rings is 1. The van der Waals surface area contributed by atoms with Gasteiger partial charge in [0.2, 0.25) is 10.0 Å². The Morgan fingerprint density at radius 2 is 1.53 bits per heavy atom. The number of nitrogens with zero attached hydrogens (tertiary/aromatic N) is 1. The van der Waals surface area contributed by atoms with E-state index in [0.717, 1.165) is 31.4 Å². The second-order valence-electron chi connectivity index (χ2n) is 5.38. The third-order valence-electron chi connectivity index (χ3n) is 4.17. The molecule has 104 valence electrons. The lowest BCUT2D eigenvalue weighted by Crippen LogP contribution is -2.29. The van der Waals surface area contributed by atoms with Gasteiger partial charge in [-0.2, -0.15) is 4.31 Å². The van der Waals surface area contributed by atoms with E-state index in [2.05, 4.69) is 0 Å². The van der Waals surface area contributed by atoms with E-state index >= 15 is 0 Å². The van der Waals surface area contributed by atoms with E-state index in [1.165, 1.54) is 4.31 Å². The van der Waals surface area contributed by atoms with Crippen molar-refractivity contribution in [3.05, 3.63) is 29.8 Å². The van der Waals surface area contributed by atoms with Crippen LogP contribution in [-0.2, 0) is 10.0 Å². The smallest absolute Gasteiger partial charge is 0.207 e. The molecule has 19 heavy (non-hydrogen) atoms. The van der Waals surface area contributed by atoms with Crippen LogP contribution in [0, 0.1) is 23.5 Å². The molecular formula is C13H15F2NO2S. The van der Waals surface area contributed by atoms with Crippen molar-refractivity contribution in [2.75, 3.05) is 13.1 Å². The molecule has 1 aliphatic carbocycles. The minimum Gasteiger partial charge on any atom is -0.207 e. The summed E-state index contributed by atoms with van der Waals surface area (Å²) in [4.78, 5) is -0.287. The summed E-state index contributed by atoms with van der Waals surface area (Å²) in [7, 11) is -3.77. The summed E-state index contributed by atoms with van der Waals surface area (Å²) in [6, 6.07) is 2.44. The van der Waals surface area contributed by atoms with E-state index in [-0.39, 0.29) is 4.90 Å². The van der Waals surface area contributed by atoms with Crippen molar-refractivity contribution in [1.82, 2.24) is 4.31 Å². The monoisotopic (exact) mass is 287 g/mol. The average molecular weight is 287 g/mol. The van der Waals surface area contributed by atoms with E-state index in [1.807, 2.05) is 0 Å². The topological polar surface area (TPSA) is 37.4 Å². The molecule has 1 heterocycles. The molecule has 1 aromatic rings. The molecule has 1 saturated carbocycles. The quantitative estimate of drug-likeness (QED) is 0.837. The lowest BCUT2D eigenvalue weighted by atomic mass is 10.0. The lowest BCUT2D eigenvalue weighted by Gasteiger charge is -2.17. The Labute approximate surface area is 111 Å². The molecule has 2 atom stereocenters. The van der Waals surface area contributed by atoms with Crippen molar-refractivity contribution >= 4 is 10.0 Å². The van der Waals surface area contributed by atoms with Crippen LogP contribution in [0.25, 0.3) is 0 Å². The molecule has 0 aromatic heterocycles. The molecule has 2 fully saturated rings. The van der Waals surface area contributed by atoms with Crippen molar-refractivity contribution in [2.45, 2.75) is 24.2 Å². The molecule has 0 spiro atoms. The molecule has 2 aliphatic rings. The highest BCUT2D eigenvalue weighted by Gasteiger charge is 2.41. The predicted octanol–water partition coefficient (Wildman–Crippen LogP) is 2.39. The van der Waals surface area contributed by atoms with Crippen LogP contribution in [0.3, 0.4) is 0 Å². The Morgan fingerprint density at radius 3 is 2.05 bits per heavy atom. The van der Waals surface area contributed by atoms with Gasteiger partial charge in [-0.1, -0.05) is 6.42 Å². The molecular weight excluding hydrogens is 272 g/mol. The van der Waals surface area contributed by atoms with Crippen LogP contribution in [0.4, 0.5) is 8.78 Å². The summed E-state index contributed by atoms with van der Waals surface area (Å²) in [5.74, 6) is -0.905. The number of hydrogen-bond donors (Lipinski definition) is 0. The van der Waals surface area contributed by atoms with Gasteiger partial charge in [0.05, 0.1) is 4.90 Å². The van der Waals surface area contributed by atoms with Crippen LogP contribution in [-0.4, -0.2) is 25.8 Å². The molecule has 0 radical (unpaired) electrons. The Bertz CT molecular complexity index is 570. The summed E-state index contributed by atoms with van der Waals surface area (Å²) >= 11 is 0. The van der Waals surface area contributed by atoms with E-state index in [9.17, 15) is 17.2 Å². The van der Waals surface area contributed by atoms with Crippen LogP contribution in [0.2, 0.25) is 0 Å². The third-order valence-corrected chi connectivity index (χ3v) is 5.98. The van der Waals surface area contributed by atoms with Crippen LogP contribution in [0.1, 0.15) is 19.3 Å². The van der Waals surface area contributed by atoms with Crippen LogP contribution >= 0.6 is 0 Å². The maximum absolute atomic E-state index is 13.2. The van der Waals surface area contributed by atoms with Crippen LogP contribution in [0.15, 0.2) is 23.1 Å². The summed E-state index contributed by atoms with van der Waals surface area (Å²) < 4.78 is 52.4. The first-order valence-electron chi connectivity index (χ1n) is 6.43. The van der Waals surface area contributed by atoms with Gasteiger partial charge in [0, 0.05) is 19.2 Å². The Balaban J connectivity index is 1.91. The molecule has 1 saturated heterocycles. The van der Waals surface area contributed by atoms with Crippen molar-refractivity contribution < 1.29 is 17.2 Å². The molecule has 1 aliphatic heterocycles. The highest BCUT2D eigenvalue weighted by atomic mass is 32.2. The van der Waals surface area contributed by atoms with E-state index < -0.39 is 21.7 Å². The first kappa shape index (κ1) is 13.0.